The summed E-state index contributed by atoms with van der Waals surface area (Å²) in [5.41, 5.74) is 0. The summed E-state index contributed by atoms with van der Waals surface area (Å²) < 4.78 is 11.0. The minimum absolute atomic E-state index is 0.0491. The van der Waals surface area contributed by atoms with Crippen LogP contribution in [0.1, 0.15) is 62.9 Å². The molecule has 5 heteroatoms. The largest absolute Gasteiger partial charge is 0.370 e. The van der Waals surface area contributed by atoms with E-state index in [2.05, 4.69) is 22.4 Å². The summed E-state index contributed by atoms with van der Waals surface area (Å²) >= 11 is 0. The third-order valence-corrected chi connectivity index (χ3v) is 4.06. The minimum atomic E-state index is 0.0491. The van der Waals surface area contributed by atoms with Gasteiger partial charge < -0.3 is 14.6 Å². The van der Waals surface area contributed by atoms with E-state index in [9.17, 15) is 0 Å². The Balaban J connectivity index is 1.68. The van der Waals surface area contributed by atoms with E-state index in [-0.39, 0.29) is 12.1 Å². The van der Waals surface area contributed by atoms with Crippen molar-refractivity contribution in [2.75, 3.05) is 13.2 Å². The molecule has 0 radical (unpaired) electrons. The zero-order chi connectivity index (χ0) is 12.4. The third-order valence-electron chi connectivity index (χ3n) is 4.06. The van der Waals surface area contributed by atoms with Crippen LogP contribution >= 0.6 is 0 Å². The lowest BCUT2D eigenvalue weighted by Crippen LogP contribution is -2.31. The van der Waals surface area contributed by atoms with Crippen LogP contribution in [-0.2, 0) is 4.74 Å². The summed E-state index contributed by atoms with van der Waals surface area (Å²) in [4.78, 5) is 4.52. The van der Waals surface area contributed by atoms with E-state index in [1.165, 1.54) is 12.8 Å². The second-order valence-corrected chi connectivity index (χ2v) is 5.30. The van der Waals surface area contributed by atoms with Crippen LogP contribution in [0.3, 0.4) is 0 Å². The number of ether oxygens (including phenoxy) is 1. The van der Waals surface area contributed by atoms with Gasteiger partial charge in [-0.25, -0.2) is 0 Å². The predicted octanol–water partition coefficient (Wildman–Crippen LogP) is 2.37. The van der Waals surface area contributed by atoms with Gasteiger partial charge in [0.05, 0.1) is 6.04 Å². The smallest absolute Gasteiger partial charge is 0.243 e. The summed E-state index contributed by atoms with van der Waals surface area (Å²) in [6, 6.07) is 0.228. The van der Waals surface area contributed by atoms with E-state index in [1.807, 2.05) is 0 Å². The van der Waals surface area contributed by atoms with Crippen molar-refractivity contribution >= 4 is 0 Å². The first-order valence-corrected chi connectivity index (χ1v) is 7.05. The van der Waals surface area contributed by atoms with Gasteiger partial charge in [-0.05, 0) is 38.1 Å². The van der Waals surface area contributed by atoms with Crippen LogP contribution in [-0.4, -0.2) is 23.3 Å². The van der Waals surface area contributed by atoms with Crippen LogP contribution in [0.5, 0.6) is 0 Å². The summed E-state index contributed by atoms with van der Waals surface area (Å²) in [5.74, 6) is 2.23. The predicted molar refractivity (Wildman–Crippen MR) is 66.0 cm³/mol. The minimum Gasteiger partial charge on any atom is -0.370 e. The van der Waals surface area contributed by atoms with Crippen molar-refractivity contribution in [3.63, 3.8) is 0 Å². The maximum atomic E-state index is 5.58. The molecule has 3 heterocycles. The van der Waals surface area contributed by atoms with Gasteiger partial charge >= 0.3 is 0 Å². The Morgan fingerprint density at radius 1 is 1.39 bits per heavy atom. The van der Waals surface area contributed by atoms with Gasteiger partial charge in [-0.1, -0.05) is 18.5 Å². The molecule has 0 amide bonds. The highest BCUT2D eigenvalue weighted by Crippen LogP contribution is 2.31. The lowest BCUT2D eigenvalue weighted by atomic mass is 9.90. The molecule has 0 bridgehead atoms. The van der Waals surface area contributed by atoms with Crippen molar-refractivity contribution in [3.05, 3.63) is 11.7 Å². The molecule has 0 spiro atoms. The molecule has 2 fully saturated rings. The lowest BCUT2D eigenvalue weighted by molar-refractivity contribution is 0.103. The molecular formula is C13H21N3O2. The van der Waals surface area contributed by atoms with Gasteiger partial charge in [0.25, 0.3) is 0 Å². The molecule has 3 rings (SSSR count). The summed E-state index contributed by atoms with van der Waals surface area (Å²) in [6.07, 6.45) is 5.73. The lowest BCUT2D eigenvalue weighted by Gasteiger charge is -2.27. The van der Waals surface area contributed by atoms with Crippen LogP contribution in [0, 0.1) is 5.92 Å². The molecule has 1 aromatic heterocycles. The van der Waals surface area contributed by atoms with Crippen molar-refractivity contribution in [2.45, 2.75) is 51.2 Å². The molecule has 18 heavy (non-hydrogen) atoms. The maximum absolute atomic E-state index is 5.58. The van der Waals surface area contributed by atoms with Gasteiger partial charge in [0.2, 0.25) is 11.7 Å². The van der Waals surface area contributed by atoms with Crippen LogP contribution in [0.25, 0.3) is 0 Å². The SMILES string of the molecule is CCC1CCNC(c2nc(C3CCCO3)no2)C1. The molecule has 1 N–H and O–H groups in total. The first-order chi connectivity index (χ1) is 8.86. The number of hydrogen-bond donors (Lipinski definition) is 1. The van der Waals surface area contributed by atoms with Crippen molar-refractivity contribution in [3.8, 4) is 0 Å². The Kier molecular flexibility index (Phi) is 3.61. The van der Waals surface area contributed by atoms with E-state index >= 15 is 0 Å². The first kappa shape index (κ1) is 12.1. The molecule has 5 nitrogen and oxygen atoms in total. The molecule has 3 atom stereocenters. The van der Waals surface area contributed by atoms with Crippen molar-refractivity contribution in [1.29, 1.82) is 0 Å². The highest BCUT2D eigenvalue weighted by molar-refractivity contribution is 4.98. The molecule has 0 aromatic carbocycles. The number of aromatic nitrogens is 2. The number of nitrogens with zero attached hydrogens (tertiary/aromatic N) is 2. The Hall–Kier alpha value is -0.940. The Labute approximate surface area is 107 Å². The van der Waals surface area contributed by atoms with Crippen molar-refractivity contribution in [1.82, 2.24) is 15.5 Å². The highest BCUT2D eigenvalue weighted by atomic mass is 16.5. The fourth-order valence-electron chi connectivity index (χ4n) is 2.86. The maximum Gasteiger partial charge on any atom is 0.243 e. The summed E-state index contributed by atoms with van der Waals surface area (Å²) in [5, 5.41) is 7.54. The van der Waals surface area contributed by atoms with E-state index < -0.39 is 0 Å². The van der Waals surface area contributed by atoms with E-state index in [4.69, 9.17) is 9.26 Å². The number of rotatable bonds is 3. The Bertz CT molecular complexity index is 387. The van der Waals surface area contributed by atoms with Gasteiger partial charge in [0, 0.05) is 6.61 Å². The topological polar surface area (TPSA) is 60.2 Å². The summed E-state index contributed by atoms with van der Waals surface area (Å²) in [6.45, 7) is 4.10. The normalized spacial score (nSPS) is 32.8. The van der Waals surface area contributed by atoms with Gasteiger partial charge in [-0.15, -0.1) is 0 Å². The molecular weight excluding hydrogens is 230 g/mol. The standard InChI is InChI=1S/C13H21N3O2/c1-2-9-5-6-14-10(8-9)13-15-12(16-18-13)11-4-3-7-17-11/h9-11,14H,2-8H2,1H3. The van der Waals surface area contributed by atoms with Crippen LogP contribution in [0.4, 0.5) is 0 Å². The molecule has 2 aliphatic heterocycles. The monoisotopic (exact) mass is 251 g/mol. The zero-order valence-electron chi connectivity index (χ0n) is 10.9. The summed E-state index contributed by atoms with van der Waals surface area (Å²) in [7, 11) is 0. The third kappa shape index (κ3) is 2.42. The molecule has 0 saturated carbocycles. The molecule has 2 saturated heterocycles. The van der Waals surface area contributed by atoms with Crippen LogP contribution in [0.15, 0.2) is 4.52 Å². The van der Waals surface area contributed by atoms with Crippen molar-refractivity contribution < 1.29 is 9.26 Å². The fourth-order valence-corrected chi connectivity index (χ4v) is 2.86. The van der Waals surface area contributed by atoms with Gasteiger partial charge in [0.1, 0.15) is 6.10 Å². The second-order valence-electron chi connectivity index (χ2n) is 5.30. The second kappa shape index (κ2) is 5.36. The molecule has 3 unspecified atom stereocenters. The molecule has 2 aliphatic rings. The number of piperidine rings is 1. The van der Waals surface area contributed by atoms with Crippen LogP contribution < -0.4 is 5.32 Å². The fraction of sp³-hybridized carbons (Fsp3) is 0.846. The average Bonchev–Trinajstić information content (AvgIpc) is 3.09. The Morgan fingerprint density at radius 2 is 2.33 bits per heavy atom. The van der Waals surface area contributed by atoms with Crippen LogP contribution in [0.2, 0.25) is 0 Å². The highest BCUT2D eigenvalue weighted by Gasteiger charge is 2.28. The number of nitrogens with one attached hydrogen (secondary N) is 1. The number of hydrogen-bond acceptors (Lipinski definition) is 5. The van der Waals surface area contributed by atoms with E-state index in [0.29, 0.717) is 0 Å². The molecule has 0 aliphatic carbocycles. The molecule has 1 aromatic rings. The van der Waals surface area contributed by atoms with Gasteiger partial charge in [-0.2, -0.15) is 4.98 Å². The first-order valence-electron chi connectivity index (χ1n) is 7.05. The van der Waals surface area contributed by atoms with Crippen molar-refractivity contribution in [2.24, 2.45) is 5.92 Å². The van der Waals surface area contributed by atoms with Gasteiger partial charge in [0.15, 0.2) is 0 Å². The zero-order valence-corrected chi connectivity index (χ0v) is 10.9. The quantitative estimate of drug-likeness (QED) is 0.893. The van der Waals surface area contributed by atoms with E-state index in [1.54, 1.807) is 0 Å². The molecule has 100 valence electrons. The van der Waals surface area contributed by atoms with E-state index in [0.717, 1.165) is 50.0 Å². The average molecular weight is 251 g/mol. The van der Waals surface area contributed by atoms with Gasteiger partial charge in [-0.3, -0.25) is 0 Å². The Morgan fingerprint density at radius 3 is 3.11 bits per heavy atom.